The number of thioether (sulfide) groups is 1. The Morgan fingerprint density at radius 2 is 1.80 bits per heavy atom. The van der Waals surface area contributed by atoms with Gasteiger partial charge in [0.15, 0.2) is 5.96 Å². The van der Waals surface area contributed by atoms with Crippen molar-refractivity contribution in [3.63, 3.8) is 0 Å². The highest BCUT2D eigenvalue weighted by atomic mass is 127. The lowest BCUT2D eigenvalue weighted by molar-refractivity contribution is -0.176. The Balaban J connectivity index is 0.00000450. The molecule has 1 aromatic carbocycles. The monoisotopic (exact) mass is 561 g/mol. The van der Waals surface area contributed by atoms with Crippen molar-refractivity contribution in [3.05, 3.63) is 35.4 Å². The number of rotatable bonds is 9. The summed E-state index contributed by atoms with van der Waals surface area (Å²) in [5.41, 5.74) is 1.68. The number of guanidine groups is 1. The molecule has 0 spiro atoms. The Labute approximate surface area is 198 Å². The molecule has 1 fully saturated rings. The molecule has 1 saturated heterocycles. The molecule has 1 heterocycles. The van der Waals surface area contributed by atoms with Gasteiger partial charge in [-0.05, 0) is 37.1 Å². The Kier molecular flexibility index (Phi) is 12.4. The summed E-state index contributed by atoms with van der Waals surface area (Å²) in [6.45, 7) is 4.36. The first-order valence-electron chi connectivity index (χ1n) is 9.73. The number of aliphatic imine (C=N–C) groups is 1. The zero-order valence-electron chi connectivity index (χ0n) is 17.4. The van der Waals surface area contributed by atoms with E-state index in [4.69, 9.17) is 4.74 Å². The number of benzene rings is 1. The van der Waals surface area contributed by atoms with Crippen LogP contribution in [-0.4, -0.2) is 56.0 Å². The maximum Gasteiger partial charge on any atom is 0.411 e. The first kappa shape index (κ1) is 27.3. The van der Waals surface area contributed by atoms with Gasteiger partial charge in [-0.2, -0.15) is 24.9 Å². The van der Waals surface area contributed by atoms with Gasteiger partial charge in [0.25, 0.3) is 0 Å². The fourth-order valence-electron chi connectivity index (χ4n) is 2.98. The molecule has 10 heteroatoms. The summed E-state index contributed by atoms with van der Waals surface area (Å²) in [5, 5.41) is 6.70. The van der Waals surface area contributed by atoms with E-state index in [9.17, 15) is 13.2 Å². The van der Waals surface area contributed by atoms with Gasteiger partial charge in [0, 0.05) is 31.1 Å². The molecular formula is C20H31F3IN3O2S. The number of halogens is 4. The number of nitrogens with zero attached hydrogens (tertiary/aromatic N) is 1. The van der Waals surface area contributed by atoms with E-state index in [1.54, 1.807) is 12.1 Å². The third kappa shape index (κ3) is 10.1. The molecule has 2 rings (SSSR count). The first-order chi connectivity index (χ1) is 13.9. The summed E-state index contributed by atoms with van der Waals surface area (Å²) in [6, 6.07) is 7.26. The van der Waals surface area contributed by atoms with Gasteiger partial charge in [-0.3, -0.25) is 0 Å². The van der Waals surface area contributed by atoms with Crippen LogP contribution in [0.2, 0.25) is 0 Å². The van der Waals surface area contributed by atoms with Gasteiger partial charge in [-0.15, -0.1) is 24.0 Å². The number of ether oxygens (including phenoxy) is 2. The fourth-order valence-corrected chi connectivity index (χ4v) is 3.77. The van der Waals surface area contributed by atoms with Gasteiger partial charge in [0.2, 0.25) is 0 Å². The summed E-state index contributed by atoms with van der Waals surface area (Å²) in [4.78, 5) is 4.63. The van der Waals surface area contributed by atoms with E-state index in [1.165, 1.54) is 0 Å². The summed E-state index contributed by atoms with van der Waals surface area (Å²) in [7, 11) is 0. The van der Waals surface area contributed by atoms with Crippen molar-refractivity contribution in [2.24, 2.45) is 4.99 Å². The van der Waals surface area contributed by atoms with E-state index in [0.717, 1.165) is 50.7 Å². The fraction of sp³-hybridized carbons (Fsp3) is 0.650. The number of hydrogen-bond donors (Lipinski definition) is 2. The Bertz CT molecular complexity index is 639. The largest absolute Gasteiger partial charge is 0.411 e. The average Bonchev–Trinajstić information content (AvgIpc) is 2.71. The average molecular weight is 561 g/mol. The SMILES string of the molecule is CCNC(=NCc1ccc(COCC(F)(F)F)cc1)NCC1(SC)CCOCC1.I. The lowest BCUT2D eigenvalue weighted by Gasteiger charge is -2.36. The van der Waals surface area contributed by atoms with Crippen LogP contribution in [0.25, 0.3) is 0 Å². The first-order valence-corrected chi connectivity index (χ1v) is 11.0. The molecule has 1 aromatic rings. The normalized spacial score (nSPS) is 16.6. The topological polar surface area (TPSA) is 54.9 Å². The van der Waals surface area contributed by atoms with Gasteiger partial charge < -0.3 is 20.1 Å². The van der Waals surface area contributed by atoms with Gasteiger partial charge >= 0.3 is 6.18 Å². The van der Waals surface area contributed by atoms with Crippen molar-refractivity contribution in [1.82, 2.24) is 10.6 Å². The van der Waals surface area contributed by atoms with E-state index in [-0.39, 0.29) is 35.3 Å². The van der Waals surface area contributed by atoms with Crippen LogP contribution in [-0.2, 0) is 22.6 Å². The van der Waals surface area contributed by atoms with Gasteiger partial charge in [0.05, 0.1) is 13.2 Å². The minimum absolute atomic E-state index is 0. The van der Waals surface area contributed by atoms with Crippen molar-refractivity contribution < 1.29 is 22.6 Å². The second kappa shape index (κ2) is 13.6. The van der Waals surface area contributed by atoms with E-state index in [1.807, 2.05) is 30.8 Å². The molecule has 0 bridgehead atoms. The predicted octanol–water partition coefficient (Wildman–Crippen LogP) is 4.35. The molecule has 0 amide bonds. The molecule has 0 aliphatic carbocycles. The van der Waals surface area contributed by atoms with Gasteiger partial charge in [-0.1, -0.05) is 24.3 Å². The van der Waals surface area contributed by atoms with Crippen LogP contribution in [0.5, 0.6) is 0 Å². The molecule has 0 unspecified atom stereocenters. The maximum absolute atomic E-state index is 12.1. The van der Waals surface area contributed by atoms with Crippen molar-refractivity contribution in [1.29, 1.82) is 0 Å². The standard InChI is InChI=1S/C20H30F3N3O2S.HI/c1-3-24-18(26-14-19(29-2)8-10-27-11-9-19)25-12-16-4-6-17(7-5-16)13-28-15-20(21,22)23;/h4-7H,3,8-15H2,1-2H3,(H2,24,25,26);1H. The summed E-state index contributed by atoms with van der Waals surface area (Å²) < 4.78 is 46.7. The van der Waals surface area contributed by atoms with Crippen molar-refractivity contribution in [3.8, 4) is 0 Å². The van der Waals surface area contributed by atoms with E-state index in [2.05, 4.69) is 26.6 Å². The van der Waals surface area contributed by atoms with Crippen LogP contribution >= 0.6 is 35.7 Å². The maximum atomic E-state index is 12.1. The molecule has 30 heavy (non-hydrogen) atoms. The number of nitrogens with one attached hydrogen (secondary N) is 2. The van der Waals surface area contributed by atoms with Crippen LogP contribution in [0.15, 0.2) is 29.3 Å². The smallest absolute Gasteiger partial charge is 0.381 e. The molecule has 5 nitrogen and oxygen atoms in total. The molecule has 172 valence electrons. The lowest BCUT2D eigenvalue weighted by Crippen LogP contribution is -2.47. The molecule has 0 radical (unpaired) electrons. The van der Waals surface area contributed by atoms with Crippen molar-refractivity contribution in [2.75, 3.05) is 39.2 Å². The Morgan fingerprint density at radius 1 is 1.17 bits per heavy atom. The molecular weight excluding hydrogens is 530 g/mol. The van der Waals surface area contributed by atoms with Crippen LogP contribution in [0, 0.1) is 0 Å². The van der Waals surface area contributed by atoms with Crippen LogP contribution in [0.3, 0.4) is 0 Å². The molecule has 1 aliphatic rings. The molecule has 0 saturated carbocycles. The van der Waals surface area contributed by atoms with Gasteiger partial charge in [-0.25, -0.2) is 4.99 Å². The molecule has 2 N–H and O–H groups in total. The highest BCUT2D eigenvalue weighted by Gasteiger charge is 2.31. The summed E-state index contributed by atoms with van der Waals surface area (Å²) in [5.74, 6) is 0.755. The van der Waals surface area contributed by atoms with E-state index in [0.29, 0.717) is 12.1 Å². The van der Waals surface area contributed by atoms with Crippen LogP contribution in [0.4, 0.5) is 13.2 Å². The third-order valence-corrected chi connectivity index (χ3v) is 6.16. The van der Waals surface area contributed by atoms with Crippen molar-refractivity contribution in [2.45, 2.75) is 43.8 Å². The van der Waals surface area contributed by atoms with E-state index >= 15 is 0 Å². The predicted molar refractivity (Wildman–Crippen MR) is 127 cm³/mol. The molecule has 0 aromatic heterocycles. The minimum Gasteiger partial charge on any atom is -0.381 e. The lowest BCUT2D eigenvalue weighted by atomic mass is 9.99. The summed E-state index contributed by atoms with van der Waals surface area (Å²) >= 11 is 1.87. The van der Waals surface area contributed by atoms with Crippen LogP contribution in [0.1, 0.15) is 30.9 Å². The zero-order chi connectivity index (χ0) is 21.2. The minimum atomic E-state index is -4.30. The number of hydrogen-bond acceptors (Lipinski definition) is 4. The Morgan fingerprint density at radius 3 is 2.37 bits per heavy atom. The van der Waals surface area contributed by atoms with Gasteiger partial charge in [0.1, 0.15) is 6.61 Å². The quantitative estimate of drug-likeness (QED) is 0.267. The van der Waals surface area contributed by atoms with Crippen LogP contribution < -0.4 is 10.6 Å². The zero-order valence-corrected chi connectivity index (χ0v) is 20.5. The van der Waals surface area contributed by atoms with E-state index < -0.39 is 12.8 Å². The summed E-state index contributed by atoms with van der Waals surface area (Å²) in [6.07, 6.45) is -0.141. The highest BCUT2D eigenvalue weighted by molar-refractivity contribution is 14.0. The second-order valence-corrected chi connectivity index (χ2v) is 8.25. The second-order valence-electron chi connectivity index (χ2n) is 6.97. The Hall–Kier alpha value is -0.720. The number of alkyl halides is 3. The highest BCUT2D eigenvalue weighted by Crippen LogP contribution is 2.32. The molecule has 0 atom stereocenters. The van der Waals surface area contributed by atoms with Crippen molar-refractivity contribution >= 4 is 41.7 Å². The third-order valence-electron chi connectivity index (χ3n) is 4.74. The molecule has 1 aliphatic heterocycles.